The van der Waals surface area contributed by atoms with Crippen LogP contribution in [-0.4, -0.2) is 16.1 Å². The fraction of sp³-hybridized carbons (Fsp3) is 0.0833. The van der Waals surface area contributed by atoms with Gasteiger partial charge in [-0.2, -0.15) is 18.3 Å². The Labute approximate surface area is 111 Å². The molecule has 0 spiro atoms. The zero-order valence-electron chi connectivity index (χ0n) is 9.89. The summed E-state index contributed by atoms with van der Waals surface area (Å²) in [6.45, 7) is 0. The lowest BCUT2D eigenvalue weighted by molar-refractivity contribution is -0.137. The molecule has 0 bridgehead atoms. The molecule has 2 N–H and O–H groups in total. The summed E-state index contributed by atoms with van der Waals surface area (Å²) in [4.78, 5) is 11.1. The number of benzene rings is 1. The van der Waals surface area contributed by atoms with Crippen LogP contribution in [0.1, 0.15) is 15.9 Å². The molecular formula is C12H8F3N3O2. The minimum atomic E-state index is -4.49. The van der Waals surface area contributed by atoms with Crippen molar-refractivity contribution < 1.29 is 22.7 Å². The Balaban J connectivity index is 2.34. The molecule has 0 radical (unpaired) electrons. The summed E-state index contributed by atoms with van der Waals surface area (Å²) in [7, 11) is 0. The van der Waals surface area contributed by atoms with Gasteiger partial charge in [0, 0.05) is 0 Å². The van der Waals surface area contributed by atoms with Crippen LogP contribution in [-0.2, 0) is 6.18 Å². The van der Waals surface area contributed by atoms with E-state index in [2.05, 4.69) is 10.2 Å². The molecule has 1 heterocycles. The number of alkyl halides is 3. The molecule has 5 nitrogen and oxygen atoms in total. The van der Waals surface area contributed by atoms with Crippen molar-refractivity contribution in [2.75, 3.05) is 0 Å². The van der Waals surface area contributed by atoms with Gasteiger partial charge in [0.1, 0.15) is 11.3 Å². The highest BCUT2D eigenvalue weighted by Gasteiger charge is 2.30. The number of aromatic nitrogens is 2. The predicted molar refractivity (Wildman–Crippen MR) is 62.1 cm³/mol. The van der Waals surface area contributed by atoms with Crippen LogP contribution < -0.4 is 10.5 Å². The summed E-state index contributed by atoms with van der Waals surface area (Å²) in [6.07, 6.45) is -3.27. The van der Waals surface area contributed by atoms with Gasteiger partial charge >= 0.3 is 6.18 Å². The van der Waals surface area contributed by atoms with Gasteiger partial charge in [0.2, 0.25) is 0 Å². The number of nitrogens with zero attached hydrogens (tertiary/aromatic N) is 2. The van der Waals surface area contributed by atoms with Crippen LogP contribution in [0.2, 0.25) is 0 Å². The van der Waals surface area contributed by atoms with Crippen LogP contribution in [0.5, 0.6) is 11.6 Å². The van der Waals surface area contributed by atoms with E-state index in [1.54, 1.807) is 0 Å². The molecule has 0 aliphatic rings. The fourth-order valence-corrected chi connectivity index (χ4v) is 1.43. The van der Waals surface area contributed by atoms with E-state index in [-0.39, 0.29) is 17.2 Å². The Morgan fingerprint density at radius 1 is 1.25 bits per heavy atom. The van der Waals surface area contributed by atoms with Crippen LogP contribution in [0.15, 0.2) is 36.5 Å². The van der Waals surface area contributed by atoms with E-state index in [1.165, 1.54) is 24.4 Å². The molecule has 104 valence electrons. The predicted octanol–water partition coefficient (Wildman–Crippen LogP) is 2.39. The van der Waals surface area contributed by atoms with Gasteiger partial charge in [-0.3, -0.25) is 4.79 Å². The first-order valence-corrected chi connectivity index (χ1v) is 5.34. The first-order valence-electron chi connectivity index (χ1n) is 5.34. The van der Waals surface area contributed by atoms with E-state index < -0.39 is 17.6 Å². The van der Waals surface area contributed by atoms with Crippen molar-refractivity contribution in [3.05, 3.63) is 47.7 Å². The summed E-state index contributed by atoms with van der Waals surface area (Å²) in [5.41, 5.74) is 4.15. The maximum Gasteiger partial charge on any atom is 0.416 e. The number of nitrogens with two attached hydrogens (primary N) is 1. The Kier molecular flexibility index (Phi) is 3.55. The summed E-state index contributed by atoms with van der Waals surface area (Å²) in [5.74, 6) is -1.19. The second-order valence-electron chi connectivity index (χ2n) is 3.74. The number of carbonyl (C=O) groups is 1. The number of halogens is 3. The lowest BCUT2D eigenvalue weighted by atomic mass is 10.2. The second-order valence-corrected chi connectivity index (χ2v) is 3.74. The van der Waals surface area contributed by atoms with Crippen molar-refractivity contribution in [1.29, 1.82) is 0 Å². The van der Waals surface area contributed by atoms with Crippen molar-refractivity contribution in [3.63, 3.8) is 0 Å². The highest BCUT2D eigenvalue weighted by atomic mass is 19.4. The van der Waals surface area contributed by atoms with Crippen LogP contribution in [0.25, 0.3) is 0 Å². The van der Waals surface area contributed by atoms with Gasteiger partial charge in [0.15, 0.2) is 0 Å². The number of hydrogen-bond donors (Lipinski definition) is 1. The number of rotatable bonds is 3. The van der Waals surface area contributed by atoms with E-state index >= 15 is 0 Å². The van der Waals surface area contributed by atoms with Crippen molar-refractivity contribution in [3.8, 4) is 11.6 Å². The lowest BCUT2D eigenvalue weighted by Gasteiger charge is -2.10. The topological polar surface area (TPSA) is 78.1 Å². The van der Waals surface area contributed by atoms with Crippen LogP contribution in [0, 0.1) is 0 Å². The fourth-order valence-electron chi connectivity index (χ4n) is 1.43. The summed E-state index contributed by atoms with van der Waals surface area (Å²) in [6, 6.07) is 5.43. The minimum Gasteiger partial charge on any atom is -0.437 e. The monoisotopic (exact) mass is 283 g/mol. The summed E-state index contributed by atoms with van der Waals surface area (Å²) in [5, 5.41) is 7.02. The van der Waals surface area contributed by atoms with Gasteiger partial charge in [-0.1, -0.05) is 6.07 Å². The maximum absolute atomic E-state index is 12.6. The first-order chi connectivity index (χ1) is 9.38. The number of ether oxygens (including phenoxy) is 1. The third-order valence-corrected chi connectivity index (χ3v) is 2.33. The standard InChI is InChI=1S/C12H8F3N3O2/c13-12(14,15)7-2-1-3-8(6-7)20-11-9(10(16)19)4-5-17-18-11/h1-6H,(H2,16,19). The maximum atomic E-state index is 12.6. The molecule has 8 heteroatoms. The molecular weight excluding hydrogens is 275 g/mol. The molecule has 0 saturated heterocycles. The molecule has 0 saturated carbocycles. The van der Waals surface area contributed by atoms with E-state index in [0.717, 1.165) is 12.1 Å². The zero-order chi connectivity index (χ0) is 14.8. The number of primary amides is 1. The van der Waals surface area contributed by atoms with Gasteiger partial charge in [0.25, 0.3) is 11.8 Å². The first kappa shape index (κ1) is 13.8. The SMILES string of the molecule is NC(=O)c1ccnnc1Oc1cccc(C(F)(F)F)c1. The molecule has 2 aromatic rings. The molecule has 1 aromatic carbocycles. The smallest absolute Gasteiger partial charge is 0.416 e. The van der Waals surface area contributed by atoms with E-state index in [0.29, 0.717) is 0 Å². The van der Waals surface area contributed by atoms with Crippen molar-refractivity contribution in [1.82, 2.24) is 10.2 Å². The van der Waals surface area contributed by atoms with E-state index in [9.17, 15) is 18.0 Å². The highest BCUT2D eigenvalue weighted by Crippen LogP contribution is 2.32. The number of hydrogen-bond acceptors (Lipinski definition) is 4. The molecule has 1 amide bonds. The lowest BCUT2D eigenvalue weighted by Crippen LogP contribution is -2.13. The second kappa shape index (κ2) is 5.16. The Morgan fingerprint density at radius 3 is 2.65 bits per heavy atom. The molecule has 20 heavy (non-hydrogen) atoms. The molecule has 0 aliphatic carbocycles. The number of amides is 1. The summed E-state index contributed by atoms with van der Waals surface area (Å²) < 4.78 is 42.8. The van der Waals surface area contributed by atoms with Crippen LogP contribution in [0.3, 0.4) is 0 Å². The highest BCUT2D eigenvalue weighted by molar-refractivity contribution is 5.94. The Hall–Kier alpha value is -2.64. The van der Waals surface area contributed by atoms with E-state index in [4.69, 9.17) is 10.5 Å². The van der Waals surface area contributed by atoms with Crippen molar-refractivity contribution in [2.45, 2.75) is 6.18 Å². The molecule has 0 aliphatic heterocycles. The van der Waals surface area contributed by atoms with Gasteiger partial charge < -0.3 is 10.5 Å². The largest absolute Gasteiger partial charge is 0.437 e. The van der Waals surface area contributed by atoms with Crippen LogP contribution >= 0.6 is 0 Å². The third kappa shape index (κ3) is 3.02. The minimum absolute atomic E-state index is 0.0718. The Bertz CT molecular complexity index is 644. The normalized spacial score (nSPS) is 11.2. The summed E-state index contributed by atoms with van der Waals surface area (Å²) >= 11 is 0. The molecule has 0 fully saturated rings. The third-order valence-electron chi connectivity index (χ3n) is 2.33. The van der Waals surface area contributed by atoms with Crippen molar-refractivity contribution in [2.24, 2.45) is 5.73 Å². The quantitative estimate of drug-likeness (QED) is 0.938. The van der Waals surface area contributed by atoms with Gasteiger partial charge in [-0.15, -0.1) is 5.10 Å². The zero-order valence-corrected chi connectivity index (χ0v) is 9.89. The molecule has 0 atom stereocenters. The Morgan fingerprint density at radius 2 is 2.00 bits per heavy atom. The average Bonchev–Trinajstić information content (AvgIpc) is 2.38. The molecule has 0 unspecified atom stereocenters. The van der Waals surface area contributed by atoms with Gasteiger partial charge in [0.05, 0.1) is 11.8 Å². The molecule has 1 aromatic heterocycles. The van der Waals surface area contributed by atoms with Gasteiger partial charge in [-0.05, 0) is 24.3 Å². The average molecular weight is 283 g/mol. The van der Waals surface area contributed by atoms with Gasteiger partial charge in [-0.25, -0.2) is 0 Å². The van der Waals surface area contributed by atoms with Crippen molar-refractivity contribution >= 4 is 5.91 Å². The number of carbonyl (C=O) groups excluding carboxylic acids is 1. The molecule has 2 rings (SSSR count). The van der Waals surface area contributed by atoms with Crippen LogP contribution in [0.4, 0.5) is 13.2 Å². The van der Waals surface area contributed by atoms with E-state index in [1.807, 2.05) is 0 Å².